The number of carbonyl (C=O) groups is 3. The lowest BCUT2D eigenvalue weighted by Gasteiger charge is -2.17. The summed E-state index contributed by atoms with van der Waals surface area (Å²) in [6.45, 7) is 1.51. The van der Waals surface area contributed by atoms with Crippen LogP contribution in [-0.4, -0.2) is 38.1 Å². The number of hydrogen-bond acceptors (Lipinski definition) is 6. The van der Waals surface area contributed by atoms with Gasteiger partial charge in [-0.3, -0.25) is 15.0 Å². The van der Waals surface area contributed by atoms with Gasteiger partial charge in [0.2, 0.25) is 0 Å². The highest BCUT2D eigenvalue weighted by atomic mass is 35.5. The lowest BCUT2D eigenvalue weighted by molar-refractivity contribution is -0.148. The van der Waals surface area contributed by atoms with E-state index in [4.69, 9.17) is 21.1 Å². The Hall–Kier alpha value is -3.52. The third-order valence-electron chi connectivity index (χ3n) is 4.30. The van der Waals surface area contributed by atoms with Gasteiger partial charge in [-0.2, -0.15) is 0 Å². The second-order valence-corrected chi connectivity index (χ2v) is 6.70. The summed E-state index contributed by atoms with van der Waals surface area (Å²) in [5.74, 6) is -1.24. The van der Waals surface area contributed by atoms with Gasteiger partial charge in [0.15, 0.2) is 17.6 Å². The summed E-state index contributed by atoms with van der Waals surface area (Å²) in [7, 11) is 2.65. The van der Waals surface area contributed by atoms with E-state index in [0.29, 0.717) is 11.3 Å². The van der Waals surface area contributed by atoms with Gasteiger partial charge in [-0.15, -0.1) is 0 Å². The summed E-state index contributed by atoms with van der Waals surface area (Å²) in [5.41, 5.74) is 3.45. The summed E-state index contributed by atoms with van der Waals surface area (Å²) in [6.07, 6.45) is 0.495. The predicted molar refractivity (Wildman–Crippen MR) is 110 cm³/mol. The number of halogens is 1. The average molecular weight is 431 g/mol. The minimum atomic E-state index is -0.910. The topological polar surface area (TPSA) is 94.2 Å². The number of amides is 2. The van der Waals surface area contributed by atoms with E-state index < -0.39 is 23.9 Å². The Balaban J connectivity index is 1.92. The standard InChI is InChI=1S/C21H19ClN2O6/c1-12(21(27)29-3)30-18-16(22)10-13(11-17(18)28-2)9-15-19(25)23-24(20(15)26)14-7-5-4-6-8-14/h4-12H,1-3H3,(H,23,25). The maximum atomic E-state index is 12.7. The molecule has 8 nitrogen and oxygen atoms in total. The molecule has 156 valence electrons. The van der Waals surface area contributed by atoms with E-state index in [1.165, 1.54) is 38.3 Å². The Morgan fingerprint density at radius 3 is 2.50 bits per heavy atom. The van der Waals surface area contributed by atoms with Crippen LogP contribution in [0, 0.1) is 0 Å². The van der Waals surface area contributed by atoms with Gasteiger partial charge in [0.1, 0.15) is 5.57 Å². The molecule has 1 aliphatic heterocycles. The Morgan fingerprint density at radius 2 is 1.87 bits per heavy atom. The molecule has 2 aromatic rings. The van der Waals surface area contributed by atoms with Crippen molar-refractivity contribution in [1.82, 2.24) is 5.43 Å². The fourth-order valence-electron chi connectivity index (χ4n) is 2.81. The number of ether oxygens (including phenoxy) is 3. The number of anilines is 1. The Kier molecular flexibility index (Phi) is 6.27. The lowest BCUT2D eigenvalue weighted by atomic mass is 10.1. The molecule has 0 aromatic heterocycles. The number of nitrogens with zero attached hydrogens (tertiary/aromatic N) is 1. The first-order valence-electron chi connectivity index (χ1n) is 8.90. The van der Waals surface area contributed by atoms with Crippen molar-refractivity contribution in [3.63, 3.8) is 0 Å². The highest BCUT2D eigenvalue weighted by molar-refractivity contribution is 6.33. The third-order valence-corrected chi connectivity index (χ3v) is 4.58. The van der Waals surface area contributed by atoms with E-state index >= 15 is 0 Å². The number of para-hydroxylation sites is 1. The highest BCUT2D eigenvalue weighted by Gasteiger charge is 2.34. The fourth-order valence-corrected chi connectivity index (χ4v) is 3.07. The molecule has 2 aromatic carbocycles. The molecular formula is C21H19ClN2O6. The average Bonchev–Trinajstić information content (AvgIpc) is 3.03. The molecule has 1 heterocycles. The number of methoxy groups -OCH3 is 2. The number of hydrogen-bond donors (Lipinski definition) is 1. The molecule has 1 N–H and O–H groups in total. The van der Waals surface area contributed by atoms with Crippen LogP contribution in [0.3, 0.4) is 0 Å². The first-order chi connectivity index (χ1) is 14.3. The van der Waals surface area contributed by atoms with Crippen molar-refractivity contribution in [2.45, 2.75) is 13.0 Å². The van der Waals surface area contributed by atoms with E-state index in [0.717, 1.165) is 0 Å². The van der Waals surface area contributed by atoms with Gasteiger partial charge in [0.25, 0.3) is 11.8 Å². The number of benzene rings is 2. The molecule has 30 heavy (non-hydrogen) atoms. The van der Waals surface area contributed by atoms with E-state index in [1.807, 2.05) is 6.07 Å². The van der Waals surface area contributed by atoms with Crippen molar-refractivity contribution < 1.29 is 28.6 Å². The van der Waals surface area contributed by atoms with E-state index in [-0.39, 0.29) is 22.1 Å². The summed E-state index contributed by atoms with van der Waals surface area (Å²) >= 11 is 6.31. The van der Waals surface area contributed by atoms with Crippen LogP contribution < -0.4 is 19.9 Å². The third kappa shape index (κ3) is 4.23. The zero-order chi connectivity index (χ0) is 21.8. The molecule has 0 aliphatic carbocycles. The number of rotatable bonds is 6. The molecule has 1 saturated heterocycles. The number of hydrazine groups is 1. The van der Waals surface area contributed by atoms with Crippen LogP contribution >= 0.6 is 11.6 Å². The normalized spacial score (nSPS) is 15.7. The molecule has 1 atom stereocenters. The molecule has 1 unspecified atom stereocenters. The zero-order valence-electron chi connectivity index (χ0n) is 16.5. The van der Waals surface area contributed by atoms with Crippen molar-refractivity contribution in [2.75, 3.05) is 19.2 Å². The molecule has 0 saturated carbocycles. The Labute approximate surface area is 177 Å². The number of carbonyl (C=O) groups excluding carboxylic acids is 3. The van der Waals surface area contributed by atoms with Crippen LogP contribution in [0.4, 0.5) is 5.69 Å². The van der Waals surface area contributed by atoms with Crippen molar-refractivity contribution in [3.05, 3.63) is 58.6 Å². The molecule has 2 amide bonds. The smallest absolute Gasteiger partial charge is 0.346 e. The number of nitrogens with one attached hydrogen (secondary N) is 1. The van der Waals surface area contributed by atoms with Crippen molar-refractivity contribution in [3.8, 4) is 11.5 Å². The van der Waals surface area contributed by atoms with Gasteiger partial charge in [-0.25, -0.2) is 9.80 Å². The molecule has 0 bridgehead atoms. The largest absolute Gasteiger partial charge is 0.493 e. The maximum Gasteiger partial charge on any atom is 0.346 e. The van der Waals surface area contributed by atoms with E-state index in [2.05, 4.69) is 10.2 Å². The minimum Gasteiger partial charge on any atom is -0.493 e. The molecule has 0 radical (unpaired) electrons. The zero-order valence-corrected chi connectivity index (χ0v) is 17.2. The lowest BCUT2D eigenvalue weighted by Crippen LogP contribution is -2.35. The Morgan fingerprint density at radius 1 is 1.17 bits per heavy atom. The van der Waals surface area contributed by atoms with Crippen LogP contribution in [0.5, 0.6) is 11.5 Å². The highest BCUT2D eigenvalue weighted by Crippen LogP contribution is 2.38. The number of esters is 1. The van der Waals surface area contributed by atoms with Gasteiger partial charge in [-0.05, 0) is 42.8 Å². The molecule has 1 aliphatic rings. The minimum absolute atomic E-state index is 0.0615. The van der Waals surface area contributed by atoms with Gasteiger partial charge < -0.3 is 14.2 Å². The molecule has 9 heteroatoms. The van der Waals surface area contributed by atoms with Crippen molar-refractivity contribution in [2.24, 2.45) is 0 Å². The van der Waals surface area contributed by atoms with Crippen LogP contribution in [0.15, 0.2) is 48.0 Å². The van der Waals surface area contributed by atoms with Crippen LogP contribution in [0.1, 0.15) is 12.5 Å². The summed E-state index contributed by atoms with van der Waals surface area (Å²) in [4.78, 5) is 36.7. The molecule has 0 spiro atoms. The van der Waals surface area contributed by atoms with Gasteiger partial charge in [0.05, 0.1) is 24.9 Å². The van der Waals surface area contributed by atoms with Crippen LogP contribution in [0.2, 0.25) is 5.02 Å². The molecule has 1 fully saturated rings. The molecule has 3 rings (SSSR count). The SMILES string of the molecule is COC(=O)C(C)Oc1c(Cl)cc(C=C2C(=O)NN(c3ccccc3)C2=O)cc1OC. The summed E-state index contributed by atoms with van der Waals surface area (Å²) in [6, 6.07) is 11.8. The fraction of sp³-hybridized carbons (Fsp3) is 0.190. The predicted octanol–water partition coefficient (Wildman–Crippen LogP) is 2.75. The quantitative estimate of drug-likeness (QED) is 0.430. The van der Waals surface area contributed by atoms with Crippen molar-refractivity contribution >= 4 is 41.1 Å². The van der Waals surface area contributed by atoms with Gasteiger partial charge >= 0.3 is 5.97 Å². The van der Waals surface area contributed by atoms with E-state index in [1.54, 1.807) is 30.3 Å². The first-order valence-corrected chi connectivity index (χ1v) is 9.27. The second-order valence-electron chi connectivity index (χ2n) is 6.29. The van der Waals surface area contributed by atoms with Crippen LogP contribution in [0.25, 0.3) is 6.08 Å². The van der Waals surface area contributed by atoms with Gasteiger partial charge in [0, 0.05) is 0 Å². The van der Waals surface area contributed by atoms with Crippen molar-refractivity contribution in [1.29, 1.82) is 0 Å². The van der Waals surface area contributed by atoms with Gasteiger partial charge in [-0.1, -0.05) is 29.8 Å². The maximum absolute atomic E-state index is 12.7. The molecular weight excluding hydrogens is 412 g/mol. The first kappa shape index (κ1) is 21.2. The van der Waals surface area contributed by atoms with Crippen LogP contribution in [-0.2, 0) is 19.1 Å². The Bertz CT molecular complexity index is 1020. The monoisotopic (exact) mass is 430 g/mol. The second kappa shape index (κ2) is 8.87. The summed E-state index contributed by atoms with van der Waals surface area (Å²) in [5, 5.41) is 1.31. The van der Waals surface area contributed by atoms with E-state index in [9.17, 15) is 14.4 Å². The summed E-state index contributed by atoms with van der Waals surface area (Å²) < 4.78 is 15.5.